The van der Waals surface area contributed by atoms with E-state index in [9.17, 15) is 9.59 Å². The Labute approximate surface area is 182 Å². The Bertz CT molecular complexity index is 931. The number of hydrogen-bond donors (Lipinski definition) is 2. The minimum atomic E-state index is -0.558. The molecule has 1 aliphatic rings. The van der Waals surface area contributed by atoms with Crippen molar-refractivity contribution in [2.75, 3.05) is 25.5 Å². The number of carbonyl (C=O) groups is 2. The van der Waals surface area contributed by atoms with E-state index in [1.165, 1.54) is 0 Å². The molecule has 3 amide bonds. The summed E-state index contributed by atoms with van der Waals surface area (Å²) in [5, 5.41) is 10.3. The lowest BCUT2D eigenvalue weighted by Gasteiger charge is -2.29. The van der Waals surface area contributed by atoms with E-state index >= 15 is 0 Å². The minimum Gasteiger partial charge on any atom is -0.497 e. The van der Waals surface area contributed by atoms with Gasteiger partial charge in [0.15, 0.2) is 0 Å². The molecule has 0 bridgehead atoms. The van der Waals surface area contributed by atoms with Crippen LogP contribution in [-0.4, -0.2) is 52.6 Å². The van der Waals surface area contributed by atoms with E-state index in [2.05, 4.69) is 15.7 Å². The number of hydrogen-bond acceptors (Lipinski definition) is 5. The summed E-state index contributed by atoms with van der Waals surface area (Å²) >= 11 is 0. The van der Waals surface area contributed by atoms with Crippen LogP contribution in [0.15, 0.2) is 24.3 Å². The topological polar surface area (TPSA) is 97.7 Å². The summed E-state index contributed by atoms with van der Waals surface area (Å²) in [5.74, 6) is 1.39. The summed E-state index contributed by atoms with van der Waals surface area (Å²) in [6, 6.07) is 7.43. The maximum Gasteiger partial charge on any atom is 0.410 e. The molecule has 1 aromatic heterocycles. The second-order valence-corrected chi connectivity index (χ2v) is 8.53. The first-order chi connectivity index (χ1) is 14.7. The van der Waals surface area contributed by atoms with Crippen molar-refractivity contribution < 1.29 is 19.1 Å². The zero-order valence-electron chi connectivity index (χ0n) is 18.8. The highest BCUT2D eigenvalue weighted by Crippen LogP contribution is 2.26. The molecule has 2 aromatic rings. The molecule has 1 aliphatic heterocycles. The van der Waals surface area contributed by atoms with Gasteiger partial charge in [0, 0.05) is 32.1 Å². The van der Waals surface area contributed by atoms with Crippen LogP contribution in [0.4, 0.5) is 15.4 Å². The van der Waals surface area contributed by atoms with Crippen LogP contribution in [0.1, 0.15) is 37.6 Å². The third-order valence-electron chi connectivity index (χ3n) is 4.94. The van der Waals surface area contributed by atoms with Crippen molar-refractivity contribution in [1.82, 2.24) is 20.0 Å². The fourth-order valence-electron chi connectivity index (χ4n) is 3.40. The quantitative estimate of drug-likeness (QED) is 0.761. The lowest BCUT2D eigenvalue weighted by atomic mass is 10.1. The number of aryl methyl sites for hydroxylation is 1. The summed E-state index contributed by atoms with van der Waals surface area (Å²) in [6.45, 7) is 6.89. The second kappa shape index (κ2) is 9.28. The van der Waals surface area contributed by atoms with E-state index in [1.54, 1.807) is 23.7 Å². The van der Waals surface area contributed by atoms with Crippen LogP contribution in [0.2, 0.25) is 0 Å². The lowest BCUT2D eigenvalue weighted by molar-refractivity contribution is 0.0224. The molecule has 1 aromatic carbocycles. The molecule has 0 saturated heterocycles. The summed E-state index contributed by atoms with van der Waals surface area (Å²) < 4.78 is 12.3. The molecule has 0 radical (unpaired) electrons. The Balaban J connectivity index is 1.57. The van der Waals surface area contributed by atoms with E-state index in [1.807, 2.05) is 45.0 Å². The monoisotopic (exact) mass is 429 g/mol. The molecule has 31 heavy (non-hydrogen) atoms. The van der Waals surface area contributed by atoms with Gasteiger partial charge < -0.3 is 19.7 Å². The molecule has 9 nitrogen and oxygen atoms in total. The Morgan fingerprint density at radius 1 is 1.19 bits per heavy atom. The van der Waals surface area contributed by atoms with Crippen molar-refractivity contribution in [3.8, 4) is 5.75 Å². The second-order valence-electron chi connectivity index (χ2n) is 8.53. The zero-order valence-corrected chi connectivity index (χ0v) is 18.8. The number of nitrogens with zero attached hydrogens (tertiary/aromatic N) is 3. The Morgan fingerprint density at radius 3 is 2.55 bits per heavy atom. The predicted octanol–water partition coefficient (Wildman–Crippen LogP) is 3.09. The Hall–Kier alpha value is -3.23. The van der Waals surface area contributed by atoms with E-state index < -0.39 is 5.60 Å². The molecule has 168 valence electrons. The van der Waals surface area contributed by atoms with Gasteiger partial charge in [0.2, 0.25) is 0 Å². The SMILES string of the molecule is COc1ccc(CCNC(=O)Nc2c3c(nn2C)CCN(C(=O)OC(C)(C)C)C3)cc1. The molecule has 0 spiro atoms. The van der Waals surface area contributed by atoms with Crippen molar-refractivity contribution in [3.63, 3.8) is 0 Å². The van der Waals surface area contributed by atoms with Crippen LogP contribution < -0.4 is 15.4 Å². The number of rotatable bonds is 5. The van der Waals surface area contributed by atoms with Crippen LogP contribution in [-0.2, 0) is 31.2 Å². The normalized spacial score (nSPS) is 13.4. The molecular weight excluding hydrogens is 398 g/mol. The van der Waals surface area contributed by atoms with Gasteiger partial charge in [0.05, 0.1) is 19.3 Å². The molecule has 0 atom stereocenters. The molecule has 0 aliphatic carbocycles. The third kappa shape index (κ3) is 5.90. The fourth-order valence-corrected chi connectivity index (χ4v) is 3.40. The van der Waals surface area contributed by atoms with Crippen LogP contribution in [0.3, 0.4) is 0 Å². The number of ether oxygens (including phenoxy) is 2. The molecule has 2 heterocycles. The average molecular weight is 430 g/mol. The van der Waals surface area contributed by atoms with E-state index in [0.29, 0.717) is 38.3 Å². The number of nitrogens with one attached hydrogen (secondary N) is 2. The first-order valence-electron chi connectivity index (χ1n) is 10.4. The molecule has 0 unspecified atom stereocenters. The summed E-state index contributed by atoms with van der Waals surface area (Å²) in [4.78, 5) is 26.5. The van der Waals surface area contributed by atoms with Gasteiger partial charge >= 0.3 is 12.1 Å². The van der Waals surface area contributed by atoms with Crippen LogP contribution in [0.25, 0.3) is 0 Å². The average Bonchev–Trinajstić information content (AvgIpc) is 3.01. The number of aromatic nitrogens is 2. The highest BCUT2D eigenvalue weighted by Gasteiger charge is 2.30. The predicted molar refractivity (Wildman–Crippen MR) is 117 cm³/mol. The van der Waals surface area contributed by atoms with E-state index in [-0.39, 0.29) is 12.1 Å². The highest BCUT2D eigenvalue weighted by molar-refractivity contribution is 5.89. The van der Waals surface area contributed by atoms with Crippen molar-refractivity contribution in [2.24, 2.45) is 7.05 Å². The van der Waals surface area contributed by atoms with E-state index in [4.69, 9.17) is 9.47 Å². The fraction of sp³-hybridized carbons (Fsp3) is 0.500. The van der Waals surface area contributed by atoms with Crippen molar-refractivity contribution in [1.29, 1.82) is 0 Å². The first kappa shape index (κ1) is 22.5. The Morgan fingerprint density at radius 2 is 1.90 bits per heavy atom. The molecule has 2 N–H and O–H groups in total. The smallest absolute Gasteiger partial charge is 0.410 e. The van der Waals surface area contributed by atoms with Gasteiger partial charge in [-0.15, -0.1) is 0 Å². The molecule has 9 heteroatoms. The number of carbonyl (C=O) groups excluding carboxylic acids is 2. The summed E-state index contributed by atoms with van der Waals surface area (Å²) in [7, 11) is 3.41. The standard InChI is InChI=1S/C22H31N5O4/c1-22(2,3)31-21(29)27-13-11-18-17(14-27)19(26(4)25-18)24-20(28)23-12-10-15-6-8-16(30-5)9-7-15/h6-9H,10-14H2,1-5H3,(H2,23,24,28). The van der Waals surface area contributed by atoms with Gasteiger partial charge in [-0.25, -0.2) is 9.59 Å². The van der Waals surface area contributed by atoms with Crippen molar-refractivity contribution in [2.45, 2.75) is 45.8 Å². The number of urea groups is 1. The lowest BCUT2D eigenvalue weighted by Crippen LogP contribution is -2.40. The number of methoxy groups -OCH3 is 1. The summed E-state index contributed by atoms with van der Waals surface area (Å²) in [6.07, 6.45) is 0.952. The molecule has 0 fully saturated rings. The van der Waals surface area contributed by atoms with Crippen LogP contribution in [0.5, 0.6) is 5.75 Å². The largest absolute Gasteiger partial charge is 0.497 e. The van der Waals surface area contributed by atoms with E-state index in [0.717, 1.165) is 22.6 Å². The number of anilines is 1. The number of fused-ring (bicyclic) bond motifs is 1. The first-order valence-corrected chi connectivity index (χ1v) is 10.4. The summed E-state index contributed by atoms with van der Waals surface area (Å²) in [5.41, 5.74) is 2.27. The highest BCUT2D eigenvalue weighted by atomic mass is 16.6. The maximum atomic E-state index is 12.5. The number of amides is 3. The maximum absolute atomic E-state index is 12.5. The Kier molecular flexibility index (Phi) is 6.72. The minimum absolute atomic E-state index is 0.311. The van der Waals surface area contributed by atoms with Gasteiger partial charge in [-0.2, -0.15) is 5.10 Å². The van der Waals surface area contributed by atoms with Crippen LogP contribution >= 0.6 is 0 Å². The molecular formula is C22H31N5O4. The van der Waals surface area contributed by atoms with Gasteiger partial charge in [-0.3, -0.25) is 10.00 Å². The van der Waals surface area contributed by atoms with Gasteiger partial charge in [0.1, 0.15) is 17.2 Å². The van der Waals surface area contributed by atoms with Gasteiger partial charge in [-0.05, 0) is 44.9 Å². The van der Waals surface area contributed by atoms with Gasteiger partial charge in [0.25, 0.3) is 0 Å². The number of benzene rings is 1. The zero-order chi connectivity index (χ0) is 22.6. The van der Waals surface area contributed by atoms with Crippen molar-refractivity contribution in [3.05, 3.63) is 41.1 Å². The molecule has 3 rings (SSSR count). The van der Waals surface area contributed by atoms with Gasteiger partial charge in [-0.1, -0.05) is 12.1 Å². The van der Waals surface area contributed by atoms with Crippen molar-refractivity contribution >= 4 is 17.9 Å². The van der Waals surface area contributed by atoms with Crippen LogP contribution in [0, 0.1) is 0 Å². The molecule has 0 saturated carbocycles. The third-order valence-corrected chi connectivity index (χ3v) is 4.94.